The maximum atomic E-state index is 14.7. The summed E-state index contributed by atoms with van der Waals surface area (Å²) in [4.78, 5) is 29.5. The molecule has 1 aliphatic carbocycles. The largest absolute Gasteiger partial charge is 0.493 e. The average molecular weight is 713 g/mol. The van der Waals surface area contributed by atoms with Gasteiger partial charge < -0.3 is 30.5 Å². The highest BCUT2D eigenvalue weighted by Crippen LogP contribution is 2.41. The second-order valence-corrected chi connectivity index (χ2v) is 11.5. The summed E-state index contributed by atoms with van der Waals surface area (Å²) in [5.74, 6) is -1.07. The van der Waals surface area contributed by atoms with Crippen LogP contribution in [0.25, 0.3) is 11.3 Å². The molecule has 1 fully saturated rings. The van der Waals surface area contributed by atoms with Crippen LogP contribution >= 0.6 is 11.6 Å². The second-order valence-electron chi connectivity index (χ2n) is 11.1. The van der Waals surface area contributed by atoms with Gasteiger partial charge in [-0.25, -0.2) is 14.2 Å². The maximum absolute atomic E-state index is 14.7. The van der Waals surface area contributed by atoms with Gasteiger partial charge in [0.1, 0.15) is 5.82 Å². The van der Waals surface area contributed by atoms with Crippen LogP contribution in [0.1, 0.15) is 82.9 Å². The fourth-order valence-electron chi connectivity index (χ4n) is 4.39. The van der Waals surface area contributed by atoms with E-state index in [9.17, 15) is 32.3 Å². The minimum Gasteiger partial charge on any atom is -0.493 e. The number of rotatable bonds is 11. The number of halogens is 5. The molecule has 0 radical (unpaired) electrons. The third kappa shape index (κ3) is 10.4. The Bertz CT molecular complexity index is 1580. The molecular formula is C35H45ClF4N4O5. The fourth-order valence-corrected chi connectivity index (χ4v) is 4.57. The summed E-state index contributed by atoms with van der Waals surface area (Å²) in [5, 5.41) is 18.3. The molecule has 2 aromatic carbocycles. The first-order valence-corrected chi connectivity index (χ1v) is 16.4. The van der Waals surface area contributed by atoms with Crippen LogP contribution in [-0.2, 0) is 11.1 Å². The van der Waals surface area contributed by atoms with Gasteiger partial charge in [0.05, 0.1) is 41.7 Å². The summed E-state index contributed by atoms with van der Waals surface area (Å²) >= 11 is 5.94. The van der Waals surface area contributed by atoms with Crippen molar-refractivity contribution in [3.63, 3.8) is 0 Å². The Balaban J connectivity index is 0.00000201. The van der Waals surface area contributed by atoms with Crippen LogP contribution < -0.4 is 25.4 Å². The third-order valence-electron chi connectivity index (χ3n) is 7.17. The Morgan fingerprint density at radius 2 is 1.63 bits per heavy atom. The van der Waals surface area contributed by atoms with Gasteiger partial charge in [0.15, 0.2) is 11.5 Å². The van der Waals surface area contributed by atoms with Crippen molar-refractivity contribution in [2.75, 3.05) is 20.2 Å². The summed E-state index contributed by atoms with van der Waals surface area (Å²) in [6, 6.07) is 9.44. The lowest BCUT2D eigenvalue weighted by atomic mass is 9.88. The van der Waals surface area contributed by atoms with Crippen molar-refractivity contribution in [2.45, 2.75) is 84.7 Å². The van der Waals surface area contributed by atoms with Crippen LogP contribution in [0.4, 0.5) is 22.4 Å². The predicted octanol–water partition coefficient (Wildman–Crippen LogP) is 7.88. The zero-order valence-electron chi connectivity index (χ0n) is 28.9. The number of carbonyl (C=O) groups is 2. The second kappa shape index (κ2) is 17.5. The molecule has 1 aliphatic rings. The maximum Gasteiger partial charge on any atom is 0.424 e. The number of pyridine rings is 1. The quantitative estimate of drug-likeness (QED) is 0.150. The van der Waals surface area contributed by atoms with E-state index >= 15 is 0 Å². The number of hydrogen-bond donors (Lipinski definition) is 4. The van der Waals surface area contributed by atoms with E-state index in [-0.39, 0.29) is 39.3 Å². The van der Waals surface area contributed by atoms with Gasteiger partial charge in [-0.15, -0.1) is 0 Å². The van der Waals surface area contributed by atoms with E-state index in [1.807, 2.05) is 27.7 Å². The van der Waals surface area contributed by atoms with Gasteiger partial charge in [-0.2, -0.15) is 13.2 Å². The van der Waals surface area contributed by atoms with Gasteiger partial charge in [0, 0.05) is 17.7 Å². The number of nitrogens with zero attached hydrogens (tertiary/aromatic N) is 1. The van der Waals surface area contributed by atoms with E-state index in [0.717, 1.165) is 25.0 Å². The van der Waals surface area contributed by atoms with Crippen LogP contribution in [0.3, 0.4) is 0 Å². The van der Waals surface area contributed by atoms with Crippen LogP contribution in [-0.4, -0.2) is 54.5 Å². The van der Waals surface area contributed by atoms with Crippen molar-refractivity contribution in [1.29, 1.82) is 0 Å². The number of alkyl halides is 3. The molecule has 1 heterocycles. The molecule has 9 nitrogen and oxygen atoms in total. The molecule has 4 rings (SSSR count). The lowest BCUT2D eigenvalue weighted by Crippen LogP contribution is -2.52. The summed E-state index contributed by atoms with van der Waals surface area (Å²) in [5.41, 5.74) is -5.72. The van der Waals surface area contributed by atoms with Gasteiger partial charge in [0.25, 0.3) is 5.91 Å². The van der Waals surface area contributed by atoms with E-state index in [1.165, 1.54) is 43.5 Å². The normalized spacial score (nSPS) is 13.8. The highest BCUT2D eigenvalue weighted by atomic mass is 35.5. The number of aliphatic hydroxyl groups is 1. The van der Waals surface area contributed by atoms with E-state index in [2.05, 4.69) is 20.9 Å². The number of methoxy groups -OCH3 is 1. The molecule has 270 valence electrons. The highest BCUT2D eigenvalue weighted by Gasteiger charge is 2.56. The number of benzene rings is 2. The lowest BCUT2D eigenvalue weighted by Gasteiger charge is -2.33. The third-order valence-corrected chi connectivity index (χ3v) is 7.46. The Morgan fingerprint density at radius 1 is 0.980 bits per heavy atom. The average Bonchev–Trinajstić information content (AvgIpc) is 3.90. The number of hydrogen-bond acceptors (Lipinski definition) is 6. The molecule has 1 aromatic heterocycles. The first-order valence-electron chi connectivity index (χ1n) is 16.0. The lowest BCUT2D eigenvalue weighted by molar-refractivity contribution is -0.265. The number of ether oxygens (including phenoxy) is 2. The first-order chi connectivity index (χ1) is 23.1. The molecule has 1 saturated carbocycles. The Kier molecular flexibility index (Phi) is 14.7. The number of carbonyl (C=O) groups excluding carboxylic acids is 2. The minimum absolute atomic E-state index is 0.0323. The Morgan fingerprint density at radius 3 is 2.18 bits per heavy atom. The highest BCUT2D eigenvalue weighted by molar-refractivity contribution is 6.31. The van der Waals surface area contributed by atoms with Crippen LogP contribution in [0, 0.1) is 5.82 Å². The number of amides is 3. The predicted molar refractivity (Wildman–Crippen MR) is 182 cm³/mol. The molecule has 14 heteroatoms. The van der Waals surface area contributed by atoms with Gasteiger partial charge in [-0.3, -0.25) is 4.79 Å². The summed E-state index contributed by atoms with van der Waals surface area (Å²) < 4.78 is 69.0. The van der Waals surface area contributed by atoms with E-state index in [0.29, 0.717) is 12.3 Å². The first kappa shape index (κ1) is 41.1. The van der Waals surface area contributed by atoms with Crippen molar-refractivity contribution >= 4 is 23.5 Å². The van der Waals surface area contributed by atoms with Gasteiger partial charge in [-0.1, -0.05) is 39.3 Å². The van der Waals surface area contributed by atoms with Crippen molar-refractivity contribution in [2.24, 2.45) is 0 Å². The van der Waals surface area contributed by atoms with E-state index in [1.54, 1.807) is 20.8 Å². The molecule has 0 aliphatic heterocycles. The van der Waals surface area contributed by atoms with Crippen LogP contribution in [0.5, 0.6) is 11.5 Å². The SMILES string of the molecule is CC.CC.CCNC(=O)NC(C)(C)c1cc(-c2ccc(F)c(Cl)c2)nc(C(O)(CNC(=O)c2ccc(OC3CC3)c(OC)c2)C(F)(F)F)c1. The van der Waals surface area contributed by atoms with Gasteiger partial charge in [-0.05, 0) is 87.7 Å². The molecule has 0 spiro atoms. The van der Waals surface area contributed by atoms with E-state index in [4.69, 9.17) is 21.1 Å². The van der Waals surface area contributed by atoms with Gasteiger partial charge >= 0.3 is 12.2 Å². The molecule has 1 unspecified atom stereocenters. The summed E-state index contributed by atoms with van der Waals surface area (Å²) in [6.45, 7) is 11.8. The standard InChI is InChI=1S/C31H33ClF4N4O5.2C2H6/c1-5-37-28(42)40-29(2,3)19-14-23(17-6-10-22(33)21(32)12-17)39-26(15-19)30(43,31(34,35)36)16-38-27(41)18-7-11-24(25(13-18)44-4)45-20-8-9-20;2*1-2/h6-7,10-15,20,43H,5,8-9,16H2,1-4H3,(H,38,41)(H2,37,40,42);2*1-2H3. The zero-order chi connectivity index (χ0) is 37.2. The van der Waals surface area contributed by atoms with Crippen LogP contribution in [0.2, 0.25) is 5.02 Å². The van der Waals surface area contributed by atoms with E-state index < -0.39 is 47.3 Å². The van der Waals surface area contributed by atoms with Gasteiger partial charge in [0.2, 0.25) is 5.60 Å². The molecule has 3 aromatic rings. The Labute approximate surface area is 289 Å². The fraction of sp³-hybridized carbons (Fsp3) is 0.457. The van der Waals surface area contributed by atoms with Crippen molar-refractivity contribution in [3.05, 3.63) is 76.2 Å². The monoisotopic (exact) mass is 712 g/mol. The van der Waals surface area contributed by atoms with Crippen molar-refractivity contribution in [3.8, 4) is 22.8 Å². The number of nitrogens with one attached hydrogen (secondary N) is 3. The summed E-state index contributed by atoms with van der Waals surface area (Å²) in [6.07, 6.45) is -3.53. The molecule has 4 N–H and O–H groups in total. The van der Waals surface area contributed by atoms with Crippen LogP contribution in [0.15, 0.2) is 48.5 Å². The summed E-state index contributed by atoms with van der Waals surface area (Å²) in [7, 11) is 1.37. The number of aromatic nitrogens is 1. The smallest absolute Gasteiger partial charge is 0.424 e. The molecule has 3 amide bonds. The molecular weight excluding hydrogens is 668 g/mol. The molecule has 0 saturated heterocycles. The zero-order valence-corrected chi connectivity index (χ0v) is 29.7. The van der Waals surface area contributed by atoms with Crippen molar-refractivity contribution < 1.29 is 41.7 Å². The minimum atomic E-state index is -5.33. The van der Waals surface area contributed by atoms with Crippen molar-refractivity contribution in [1.82, 2.24) is 20.9 Å². The molecule has 0 bridgehead atoms. The molecule has 1 atom stereocenters. The molecule has 49 heavy (non-hydrogen) atoms. The number of urea groups is 1. The Hall–Kier alpha value is -4.10. The topological polar surface area (TPSA) is 122 Å².